The minimum Gasteiger partial charge on any atom is -0.438 e. The summed E-state index contributed by atoms with van der Waals surface area (Å²) in [5.41, 5.74) is 2.32. The van der Waals surface area contributed by atoms with Crippen molar-refractivity contribution in [2.75, 3.05) is 6.54 Å². The number of fused-ring (bicyclic) bond motifs is 1. The van der Waals surface area contributed by atoms with Gasteiger partial charge in [0, 0.05) is 13.1 Å². The van der Waals surface area contributed by atoms with E-state index in [-0.39, 0.29) is 11.7 Å². The average Bonchev–Trinajstić information content (AvgIpc) is 2.96. The summed E-state index contributed by atoms with van der Waals surface area (Å²) in [6.45, 7) is 1.06. The standard InChI is InChI=1S/C14H14N2O4S/c15-21(18,19)13-6-5-12(20-13)14(17)16-8-7-10-3-1-2-4-11(10)9-16/h1-6H,7-9H2,(H2,15,18,19). The first kappa shape index (κ1) is 13.8. The number of carbonyl (C=O) groups is 1. The molecule has 0 saturated heterocycles. The third-order valence-electron chi connectivity index (χ3n) is 3.49. The van der Waals surface area contributed by atoms with Crippen LogP contribution in [0.25, 0.3) is 0 Å². The van der Waals surface area contributed by atoms with Gasteiger partial charge in [0.1, 0.15) is 0 Å². The quantitative estimate of drug-likeness (QED) is 0.899. The SMILES string of the molecule is NS(=O)(=O)c1ccc(C(=O)N2CCc3ccccc3C2)o1. The fourth-order valence-corrected chi connectivity index (χ4v) is 2.88. The van der Waals surface area contributed by atoms with Crippen molar-refractivity contribution in [3.8, 4) is 0 Å². The van der Waals surface area contributed by atoms with Gasteiger partial charge in [0.15, 0.2) is 5.76 Å². The van der Waals surface area contributed by atoms with Crippen LogP contribution < -0.4 is 5.14 Å². The number of carbonyl (C=O) groups excluding carboxylic acids is 1. The molecule has 110 valence electrons. The average molecular weight is 306 g/mol. The van der Waals surface area contributed by atoms with Crippen LogP contribution in [0.5, 0.6) is 0 Å². The lowest BCUT2D eigenvalue weighted by Crippen LogP contribution is -2.35. The number of primary sulfonamides is 1. The molecule has 3 rings (SSSR count). The van der Waals surface area contributed by atoms with Gasteiger partial charge >= 0.3 is 0 Å². The van der Waals surface area contributed by atoms with Crippen molar-refractivity contribution in [2.45, 2.75) is 18.1 Å². The molecule has 2 aromatic rings. The lowest BCUT2D eigenvalue weighted by molar-refractivity contribution is 0.0696. The van der Waals surface area contributed by atoms with Crippen LogP contribution in [0.3, 0.4) is 0 Å². The van der Waals surface area contributed by atoms with E-state index in [0.29, 0.717) is 13.1 Å². The minimum absolute atomic E-state index is 0.0154. The van der Waals surface area contributed by atoms with Gasteiger partial charge in [-0.1, -0.05) is 24.3 Å². The summed E-state index contributed by atoms with van der Waals surface area (Å²) in [6.07, 6.45) is 0.769. The number of benzene rings is 1. The second-order valence-electron chi connectivity index (χ2n) is 4.91. The Morgan fingerprint density at radius 3 is 2.52 bits per heavy atom. The maximum Gasteiger partial charge on any atom is 0.289 e. The molecule has 0 saturated carbocycles. The van der Waals surface area contributed by atoms with Crippen LogP contribution in [0, 0.1) is 0 Å². The molecule has 0 spiro atoms. The van der Waals surface area contributed by atoms with E-state index in [1.807, 2.05) is 24.3 Å². The smallest absolute Gasteiger partial charge is 0.289 e. The topological polar surface area (TPSA) is 93.6 Å². The molecule has 1 aromatic heterocycles. The molecule has 0 atom stereocenters. The second-order valence-corrected chi connectivity index (χ2v) is 6.40. The van der Waals surface area contributed by atoms with E-state index in [2.05, 4.69) is 0 Å². The fraction of sp³-hybridized carbons (Fsp3) is 0.214. The monoisotopic (exact) mass is 306 g/mol. The Morgan fingerprint density at radius 2 is 1.86 bits per heavy atom. The molecule has 6 nitrogen and oxygen atoms in total. The van der Waals surface area contributed by atoms with Gasteiger partial charge in [-0.25, -0.2) is 13.6 Å². The van der Waals surface area contributed by atoms with Crippen LogP contribution in [0.1, 0.15) is 21.7 Å². The summed E-state index contributed by atoms with van der Waals surface area (Å²) in [6, 6.07) is 10.5. The Balaban J connectivity index is 1.82. The molecule has 0 aliphatic carbocycles. The number of hydrogen-bond acceptors (Lipinski definition) is 4. The van der Waals surface area contributed by atoms with Crippen LogP contribution in [0.15, 0.2) is 45.9 Å². The molecule has 0 radical (unpaired) electrons. The van der Waals surface area contributed by atoms with Crippen LogP contribution in [-0.4, -0.2) is 25.8 Å². The van der Waals surface area contributed by atoms with Crippen molar-refractivity contribution < 1.29 is 17.6 Å². The van der Waals surface area contributed by atoms with Gasteiger partial charge in [0.05, 0.1) is 0 Å². The number of hydrogen-bond donors (Lipinski definition) is 1. The van der Waals surface area contributed by atoms with Crippen molar-refractivity contribution >= 4 is 15.9 Å². The molecule has 1 aliphatic heterocycles. The van der Waals surface area contributed by atoms with E-state index in [1.54, 1.807) is 4.90 Å². The lowest BCUT2D eigenvalue weighted by Gasteiger charge is -2.28. The minimum atomic E-state index is -3.93. The number of furan rings is 1. The molecule has 7 heteroatoms. The summed E-state index contributed by atoms with van der Waals surface area (Å²) in [4.78, 5) is 14.0. The molecule has 0 fully saturated rings. The largest absolute Gasteiger partial charge is 0.438 e. The normalized spacial score (nSPS) is 14.8. The maximum absolute atomic E-state index is 12.3. The molecule has 0 unspecified atom stereocenters. The Bertz CT molecular complexity index is 795. The highest BCUT2D eigenvalue weighted by Gasteiger charge is 2.25. The molecule has 1 aromatic carbocycles. The lowest BCUT2D eigenvalue weighted by atomic mass is 10.00. The van der Waals surface area contributed by atoms with E-state index in [4.69, 9.17) is 9.56 Å². The summed E-state index contributed by atoms with van der Waals surface area (Å²) < 4.78 is 27.4. The van der Waals surface area contributed by atoms with Gasteiger partial charge in [-0.2, -0.15) is 0 Å². The number of rotatable bonds is 2. The Hall–Kier alpha value is -2.12. The maximum atomic E-state index is 12.3. The Morgan fingerprint density at radius 1 is 1.14 bits per heavy atom. The van der Waals surface area contributed by atoms with Gasteiger partial charge in [-0.05, 0) is 29.7 Å². The van der Waals surface area contributed by atoms with Crippen LogP contribution >= 0.6 is 0 Å². The molecule has 2 heterocycles. The molecular formula is C14H14N2O4S. The van der Waals surface area contributed by atoms with Gasteiger partial charge < -0.3 is 9.32 Å². The van der Waals surface area contributed by atoms with Crippen LogP contribution in [0.2, 0.25) is 0 Å². The highest BCUT2D eigenvalue weighted by atomic mass is 32.2. The first-order valence-corrected chi connectivity index (χ1v) is 7.98. The summed E-state index contributed by atoms with van der Waals surface area (Å²) in [5.74, 6) is -0.349. The van der Waals surface area contributed by atoms with Crippen molar-refractivity contribution in [1.29, 1.82) is 0 Å². The summed E-state index contributed by atoms with van der Waals surface area (Å²) in [5, 5.41) is 4.57. The molecular weight excluding hydrogens is 292 g/mol. The zero-order valence-electron chi connectivity index (χ0n) is 11.2. The van der Waals surface area contributed by atoms with E-state index in [1.165, 1.54) is 17.7 Å². The molecule has 1 amide bonds. The van der Waals surface area contributed by atoms with Crippen molar-refractivity contribution in [1.82, 2.24) is 4.90 Å². The zero-order valence-corrected chi connectivity index (χ0v) is 12.0. The van der Waals surface area contributed by atoms with E-state index < -0.39 is 15.1 Å². The predicted octanol–water partition coefficient (Wildman–Crippen LogP) is 1.13. The second kappa shape index (κ2) is 5.01. The molecule has 1 aliphatic rings. The number of nitrogens with zero attached hydrogens (tertiary/aromatic N) is 1. The third-order valence-corrected chi connectivity index (χ3v) is 4.27. The van der Waals surface area contributed by atoms with E-state index >= 15 is 0 Å². The van der Waals surface area contributed by atoms with Gasteiger partial charge in [0.2, 0.25) is 5.09 Å². The first-order chi connectivity index (χ1) is 9.95. The van der Waals surface area contributed by atoms with Crippen molar-refractivity contribution in [2.24, 2.45) is 5.14 Å². The summed E-state index contributed by atoms with van der Waals surface area (Å²) in [7, 11) is -3.93. The van der Waals surface area contributed by atoms with Crippen LogP contribution in [-0.2, 0) is 23.0 Å². The highest BCUT2D eigenvalue weighted by Crippen LogP contribution is 2.21. The predicted molar refractivity (Wildman–Crippen MR) is 75.0 cm³/mol. The zero-order chi connectivity index (χ0) is 15.0. The van der Waals surface area contributed by atoms with Gasteiger partial charge in [0.25, 0.3) is 15.9 Å². The first-order valence-electron chi connectivity index (χ1n) is 6.44. The Labute approximate surface area is 122 Å². The molecule has 21 heavy (non-hydrogen) atoms. The number of amides is 1. The highest BCUT2D eigenvalue weighted by molar-refractivity contribution is 7.89. The van der Waals surface area contributed by atoms with Gasteiger partial charge in [-0.15, -0.1) is 0 Å². The number of nitrogens with two attached hydrogens (primary N) is 1. The van der Waals surface area contributed by atoms with Crippen molar-refractivity contribution in [3.05, 3.63) is 53.3 Å². The Kier molecular flexibility index (Phi) is 3.30. The third kappa shape index (κ3) is 2.70. The molecule has 0 bridgehead atoms. The van der Waals surface area contributed by atoms with E-state index in [0.717, 1.165) is 12.0 Å². The number of sulfonamides is 1. The summed E-state index contributed by atoms with van der Waals surface area (Å²) >= 11 is 0. The van der Waals surface area contributed by atoms with Gasteiger partial charge in [-0.3, -0.25) is 4.79 Å². The fourth-order valence-electron chi connectivity index (χ4n) is 2.41. The molecule has 2 N–H and O–H groups in total. The van der Waals surface area contributed by atoms with Crippen molar-refractivity contribution in [3.63, 3.8) is 0 Å². The van der Waals surface area contributed by atoms with E-state index in [9.17, 15) is 13.2 Å². The van der Waals surface area contributed by atoms with Crippen LogP contribution in [0.4, 0.5) is 0 Å².